The fourth-order valence-corrected chi connectivity index (χ4v) is 6.94. The van der Waals surface area contributed by atoms with Crippen molar-refractivity contribution in [3.8, 4) is 5.75 Å². The molecule has 11 nitrogen and oxygen atoms in total. The number of benzene rings is 1. The predicted octanol–water partition coefficient (Wildman–Crippen LogP) is 1.66. The number of aromatic nitrogens is 1. The molecule has 0 bridgehead atoms. The number of methoxy groups -OCH3 is 1. The molecule has 39 heavy (non-hydrogen) atoms. The van der Waals surface area contributed by atoms with E-state index < -0.39 is 16.7 Å². The number of primary amides is 2. The van der Waals surface area contributed by atoms with Gasteiger partial charge in [-0.1, -0.05) is 17.8 Å². The molecule has 5 N–H and O–H groups in total. The Balaban J connectivity index is 1.30. The highest BCUT2D eigenvalue weighted by Gasteiger charge is 2.48. The van der Waals surface area contributed by atoms with Crippen LogP contribution in [-0.4, -0.2) is 79.0 Å². The Bertz CT molecular complexity index is 1270. The van der Waals surface area contributed by atoms with Crippen molar-refractivity contribution in [3.05, 3.63) is 64.8 Å². The number of hydrogen-bond acceptors (Lipinski definition) is 8. The lowest BCUT2D eigenvalue weighted by molar-refractivity contribution is -0.115. The quantitative estimate of drug-likeness (QED) is 0.491. The lowest BCUT2D eigenvalue weighted by atomic mass is 9.83. The molecule has 1 atom stereocenters. The van der Waals surface area contributed by atoms with Gasteiger partial charge in [0.15, 0.2) is 0 Å². The number of rotatable bonds is 6. The molecule has 4 amide bonds. The lowest BCUT2D eigenvalue weighted by Gasteiger charge is -2.45. The zero-order chi connectivity index (χ0) is 27.6. The van der Waals surface area contributed by atoms with Gasteiger partial charge in [0.2, 0.25) is 5.91 Å². The second kappa shape index (κ2) is 11.0. The predicted molar refractivity (Wildman–Crippen MR) is 149 cm³/mol. The normalized spacial score (nSPS) is 21.8. The molecule has 3 aliphatic rings. The van der Waals surface area contributed by atoms with E-state index in [-0.39, 0.29) is 11.9 Å². The third kappa shape index (κ3) is 5.20. The van der Waals surface area contributed by atoms with Gasteiger partial charge in [0, 0.05) is 62.0 Å². The average Bonchev–Trinajstić information content (AvgIpc) is 3.44. The van der Waals surface area contributed by atoms with Crippen LogP contribution in [0.15, 0.2) is 53.7 Å². The number of carbonyl (C=O) groups is 3. The van der Waals surface area contributed by atoms with Crippen LogP contribution in [0, 0.1) is 5.92 Å². The van der Waals surface area contributed by atoms with Crippen LogP contribution in [0.3, 0.4) is 0 Å². The van der Waals surface area contributed by atoms with E-state index in [0.29, 0.717) is 61.6 Å². The van der Waals surface area contributed by atoms with Crippen LogP contribution in [-0.2, 0) is 9.67 Å². The van der Waals surface area contributed by atoms with E-state index in [1.807, 2.05) is 28.0 Å². The summed E-state index contributed by atoms with van der Waals surface area (Å²) in [5, 5.41) is 5.07. The molecule has 1 aromatic carbocycles. The number of anilines is 1. The molecule has 5 rings (SSSR count). The van der Waals surface area contributed by atoms with E-state index >= 15 is 0 Å². The van der Waals surface area contributed by atoms with Crippen molar-refractivity contribution in [2.24, 2.45) is 17.4 Å². The molecule has 2 fully saturated rings. The summed E-state index contributed by atoms with van der Waals surface area (Å²) < 4.78 is 5.66. The molecule has 1 aromatic heterocycles. The Labute approximate surface area is 231 Å². The number of piperazine rings is 1. The number of ether oxygens (including phenoxy) is 1. The van der Waals surface area contributed by atoms with Gasteiger partial charge in [0.05, 0.1) is 7.11 Å². The van der Waals surface area contributed by atoms with Crippen molar-refractivity contribution < 1.29 is 19.1 Å². The summed E-state index contributed by atoms with van der Waals surface area (Å²) in [6.45, 7) is 3.88. The van der Waals surface area contributed by atoms with Crippen molar-refractivity contribution in [1.29, 1.82) is 0 Å². The van der Waals surface area contributed by atoms with Crippen LogP contribution in [0.5, 0.6) is 5.75 Å². The van der Waals surface area contributed by atoms with Gasteiger partial charge < -0.3 is 36.2 Å². The number of hydrogen-bond donors (Lipinski definition) is 3. The summed E-state index contributed by atoms with van der Waals surface area (Å²) in [7, 11) is 1.56. The van der Waals surface area contributed by atoms with Crippen molar-refractivity contribution in [1.82, 2.24) is 20.1 Å². The summed E-state index contributed by atoms with van der Waals surface area (Å²) in [5.41, 5.74) is 12.6. The second-order valence-corrected chi connectivity index (χ2v) is 11.0. The summed E-state index contributed by atoms with van der Waals surface area (Å²) in [6, 6.07) is 10.9. The molecular formula is C27H33N7O4S. The summed E-state index contributed by atoms with van der Waals surface area (Å²) in [4.78, 5) is 47.1. The van der Waals surface area contributed by atoms with Gasteiger partial charge in [-0.2, -0.15) is 0 Å². The molecular weight excluding hydrogens is 518 g/mol. The van der Waals surface area contributed by atoms with Gasteiger partial charge in [0.25, 0.3) is 5.91 Å². The second-order valence-electron chi connectivity index (χ2n) is 9.86. The van der Waals surface area contributed by atoms with E-state index in [0.717, 1.165) is 18.9 Å². The smallest absolute Gasteiger partial charge is 0.320 e. The van der Waals surface area contributed by atoms with Crippen LogP contribution in [0.2, 0.25) is 0 Å². The van der Waals surface area contributed by atoms with E-state index in [9.17, 15) is 14.4 Å². The molecule has 12 heteroatoms. The highest BCUT2D eigenvalue weighted by atomic mass is 32.2. The largest absolute Gasteiger partial charge is 0.496 e. The van der Waals surface area contributed by atoms with Crippen molar-refractivity contribution in [2.75, 3.05) is 51.3 Å². The Morgan fingerprint density at radius 2 is 1.72 bits per heavy atom. The number of piperidine rings is 1. The van der Waals surface area contributed by atoms with Crippen molar-refractivity contribution in [2.45, 2.75) is 17.7 Å². The molecule has 0 radical (unpaired) electrons. The number of amides is 4. The van der Waals surface area contributed by atoms with Crippen LogP contribution >= 0.6 is 11.8 Å². The number of nitrogens with one attached hydrogen (secondary N) is 1. The van der Waals surface area contributed by atoms with Crippen LogP contribution in [0.25, 0.3) is 0 Å². The molecule has 0 spiro atoms. The summed E-state index contributed by atoms with van der Waals surface area (Å²) in [6.07, 6.45) is 3.15. The number of likely N-dealkylation sites (tertiary alicyclic amines) is 1. The molecule has 2 saturated heterocycles. The van der Waals surface area contributed by atoms with Crippen LogP contribution in [0.1, 0.15) is 28.8 Å². The van der Waals surface area contributed by atoms with Crippen LogP contribution < -0.4 is 26.4 Å². The Kier molecular flexibility index (Phi) is 7.56. The Morgan fingerprint density at radius 1 is 1.00 bits per heavy atom. The third-order valence-corrected chi connectivity index (χ3v) is 9.08. The number of urea groups is 1. The number of pyridine rings is 1. The molecule has 0 saturated carbocycles. The number of nitrogens with two attached hydrogens (primary N) is 2. The van der Waals surface area contributed by atoms with Gasteiger partial charge in [-0.15, -0.1) is 0 Å². The molecule has 2 aromatic rings. The first-order valence-corrected chi connectivity index (χ1v) is 13.8. The van der Waals surface area contributed by atoms with Crippen LogP contribution in [0.4, 0.5) is 10.6 Å². The van der Waals surface area contributed by atoms with Crippen molar-refractivity contribution >= 4 is 35.4 Å². The van der Waals surface area contributed by atoms with E-state index in [2.05, 4.69) is 15.2 Å². The van der Waals surface area contributed by atoms with Crippen molar-refractivity contribution in [3.63, 3.8) is 0 Å². The van der Waals surface area contributed by atoms with Gasteiger partial charge in [-0.3, -0.25) is 9.59 Å². The fourth-order valence-electron chi connectivity index (χ4n) is 5.58. The minimum atomic E-state index is -0.801. The topological polar surface area (TPSA) is 147 Å². The van der Waals surface area contributed by atoms with Gasteiger partial charge >= 0.3 is 6.03 Å². The fraction of sp³-hybridized carbons (Fsp3) is 0.407. The van der Waals surface area contributed by atoms with Gasteiger partial charge in [-0.05, 0) is 49.1 Å². The summed E-state index contributed by atoms with van der Waals surface area (Å²) in [5.74, 6) is 0.397. The van der Waals surface area contributed by atoms with E-state index in [1.54, 1.807) is 36.9 Å². The molecule has 4 heterocycles. The maximum absolute atomic E-state index is 13.4. The maximum atomic E-state index is 13.4. The average molecular weight is 552 g/mol. The zero-order valence-corrected chi connectivity index (χ0v) is 22.7. The molecule has 0 aliphatic carbocycles. The van der Waals surface area contributed by atoms with Gasteiger partial charge in [0.1, 0.15) is 22.1 Å². The Morgan fingerprint density at radius 3 is 2.31 bits per heavy atom. The standard InChI is InChI=1S/C27H33N7O4S/c1-38-22-6-5-18(24(28)35)16-20(22)27(31-21(17-39-27)25(29)36)19-7-10-33(11-8-19)26(37)34-14-12-32(13-15-34)23-4-2-3-9-30-23/h2-6,9,16-17,19,31H,7-8,10-15H2,1H3,(H2,28,35)(H2,29,36). The number of thioether (sulfide) groups is 1. The first-order valence-electron chi connectivity index (χ1n) is 13.0. The number of carbonyl (C=O) groups excluding carboxylic acids is 3. The molecule has 3 aliphatic heterocycles. The minimum absolute atomic E-state index is 0.0117. The monoisotopic (exact) mass is 551 g/mol. The van der Waals surface area contributed by atoms with E-state index in [4.69, 9.17) is 16.2 Å². The maximum Gasteiger partial charge on any atom is 0.320 e. The van der Waals surface area contributed by atoms with E-state index in [1.165, 1.54) is 11.8 Å². The Hall–Kier alpha value is -3.93. The first-order chi connectivity index (χ1) is 18.8. The highest BCUT2D eigenvalue weighted by Crippen LogP contribution is 2.52. The third-order valence-electron chi connectivity index (χ3n) is 7.70. The SMILES string of the molecule is COc1ccc(C(N)=O)cc1C1(C2CCN(C(=O)N3CCN(c4ccccn4)CC3)CC2)NC(C(N)=O)=CS1. The number of nitrogens with zero attached hydrogens (tertiary/aromatic N) is 4. The highest BCUT2D eigenvalue weighted by molar-refractivity contribution is 8.03. The first kappa shape index (κ1) is 26.7. The lowest BCUT2D eigenvalue weighted by Crippen LogP contribution is -2.55. The zero-order valence-electron chi connectivity index (χ0n) is 21.8. The molecule has 206 valence electrons. The summed E-state index contributed by atoms with van der Waals surface area (Å²) >= 11 is 1.44. The molecule has 1 unspecified atom stereocenters. The minimum Gasteiger partial charge on any atom is -0.496 e. The van der Waals surface area contributed by atoms with Gasteiger partial charge in [-0.25, -0.2) is 9.78 Å².